The minimum atomic E-state index is -0.467. The Morgan fingerprint density at radius 2 is 1.90 bits per heavy atom. The molecule has 20 heavy (non-hydrogen) atoms. The van der Waals surface area contributed by atoms with Crippen molar-refractivity contribution in [2.24, 2.45) is 0 Å². The lowest BCUT2D eigenvalue weighted by atomic mass is 10.0. The number of hydrogen-bond acceptors (Lipinski definition) is 3. The first kappa shape index (κ1) is 13.6. The van der Waals surface area contributed by atoms with Crippen LogP contribution in [0.4, 0.5) is 0 Å². The molecule has 0 heterocycles. The van der Waals surface area contributed by atoms with Crippen molar-refractivity contribution in [1.29, 1.82) is 5.26 Å². The van der Waals surface area contributed by atoms with Crippen LogP contribution in [0.15, 0.2) is 61.2 Å². The van der Waals surface area contributed by atoms with Crippen LogP contribution in [0.1, 0.15) is 21.5 Å². The molecule has 0 aliphatic carbocycles. The van der Waals surface area contributed by atoms with Crippen LogP contribution in [-0.2, 0) is 6.42 Å². The van der Waals surface area contributed by atoms with Crippen molar-refractivity contribution < 1.29 is 9.53 Å². The molecule has 0 amide bonds. The molecular formula is C17H13NO2. The molecular weight excluding hydrogens is 250 g/mol. The molecule has 3 heteroatoms. The van der Waals surface area contributed by atoms with Crippen molar-refractivity contribution in [1.82, 2.24) is 0 Å². The van der Waals surface area contributed by atoms with E-state index in [1.807, 2.05) is 18.2 Å². The molecule has 0 aromatic heterocycles. The van der Waals surface area contributed by atoms with E-state index in [4.69, 9.17) is 10.00 Å². The molecule has 3 nitrogen and oxygen atoms in total. The number of nitriles is 1. The molecule has 0 fully saturated rings. The van der Waals surface area contributed by atoms with Crippen LogP contribution in [-0.4, -0.2) is 5.97 Å². The van der Waals surface area contributed by atoms with Gasteiger partial charge in [-0.1, -0.05) is 36.4 Å². The molecule has 98 valence electrons. The molecule has 2 aromatic rings. The predicted octanol–water partition coefficient (Wildman–Crippen LogP) is 3.51. The second-order valence-corrected chi connectivity index (χ2v) is 4.15. The Labute approximate surface area is 117 Å². The van der Waals surface area contributed by atoms with Gasteiger partial charge in [0.1, 0.15) is 11.8 Å². The van der Waals surface area contributed by atoms with Gasteiger partial charge in [-0.3, -0.25) is 0 Å². The quantitative estimate of drug-likeness (QED) is 0.482. The van der Waals surface area contributed by atoms with Gasteiger partial charge in [-0.25, -0.2) is 4.79 Å². The van der Waals surface area contributed by atoms with Gasteiger partial charge in [-0.15, -0.1) is 6.58 Å². The minimum absolute atomic E-state index is 0.272. The van der Waals surface area contributed by atoms with E-state index in [1.165, 1.54) is 0 Å². The van der Waals surface area contributed by atoms with E-state index in [1.54, 1.807) is 42.5 Å². The molecule has 0 bridgehead atoms. The number of nitrogens with zero attached hydrogens (tertiary/aromatic N) is 1. The fourth-order valence-corrected chi connectivity index (χ4v) is 1.86. The van der Waals surface area contributed by atoms with E-state index in [9.17, 15) is 4.79 Å². The number of para-hydroxylation sites is 1. The summed E-state index contributed by atoms with van der Waals surface area (Å²) < 4.78 is 5.31. The third-order valence-corrected chi connectivity index (χ3v) is 2.81. The SMILES string of the molecule is C=CCc1ccccc1C(=O)Oc1ccccc1C#N. The van der Waals surface area contributed by atoms with Crippen LogP contribution < -0.4 is 4.74 Å². The van der Waals surface area contributed by atoms with Crippen molar-refractivity contribution in [2.45, 2.75) is 6.42 Å². The second kappa shape index (κ2) is 6.35. The lowest BCUT2D eigenvalue weighted by Crippen LogP contribution is -2.11. The van der Waals surface area contributed by atoms with Crippen molar-refractivity contribution >= 4 is 5.97 Å². The van der Waals surface area contributed by atoms with Gasteiger partial charge < -0.3 is 4.74 Å². The number of benzene rings is 2. The summed E-state index contributed by atoms with van der Waals surface area (Å²) in [5.74, 6) is -0.196. The molecule has 2 aromatic carbocycles. The molecule has 0 radical (unpaired) electrons. The van der Waals surface area contributed by atoms with E-state index in [0.29, 0.717) is 17.5 Å². The summed E-state index contributed by atoms with van der Waals surface area (Å²) in [6.45, 7) is 3.67. The monoisotopic (exact) mass is 263 g/mol. The van der Waals surface area contributed by atoms with Gasteiger partial charge in [0.2, 0.25) is 0 Å². The molecule has 0 saturated heterocycles. The summed E-state index contributed by atoms with van der Waals surface area (Å²) >= 11 is 0. The van der Waals surface area contributed by atoms with Crippen molar-refractivity contribution in [3.8, 4) is 11.8 Å². The Hall–Kier alpha value is -2.86. The lowest BCUT2D eigenvalue weighted by Gasteiger charge is -2.08. The summed E-state index contributed by atoms with van der Waals surface area (Å²) in [4.78, 5) is 12.2. The summed E-state index contributed by atoms with van der Waals surface area (Å²) in [6, 6.07) is 15.9. The highest BCUT2D eigenvalue weighted by Gasteiger charge is 2.14. The molecule has 0 N–H and O–H groups in total. The summed E-state index contributed by atoms with van der Waals surface area (Å²) in [7, 11) is 0. The lowest BCUT2D eigenvalue weighted by molar-refractivity contribution is 0.0733. The smallest absolute Gasteiger partial charge is 0.343 e. The highest BCUT2D eigenvalue weighted by atomic mass is 16.5. The van der Waals surface area contributed by atoms with E-state index in [-0.39, 0.29) is 5.75 Å². The van der Waals surface area contributed by atoms with Gasteiger partial charge in [0.15, 0.2) is 0 Å². The van der Waals surface area contributed by atoms with Crippen molar-refractivity contribution in [3.05, 3.63) is 77.9 Å². The van der Waals surface area contributed by atoms with E-state index in [0.717, 1.165) is 5.56 Å². The molecule has 0 unspecified atom stereocenters. The zero-order valence-corrected chi connectivity index (χ0v) is 10.9. The summed E-state index contributed by atoms with van der Waals surface area (Å²) in [6.07, 6.45) is 2.32. The fraction of sp³-hybridized carbons (Fsp3) is 0.0588. The molecule has 0 aliphatic heterocycles. The molecule has 2 rings (SSSR count). The first-order valence-electron chi connectivity index (χ1n) is 6.16. The first-order valence-corrected chi connectivity index (χ1v) is 6.16. The Morgan fingerprint density at radius 1 is 1.20 bits per heavy atom. The van der Waals surface area contributed by atoms with E-state index in [2.05, 4.69) is 6.58 Å². The van der Waals surface area contributed by atoms with Crippen LogP contribution >= 0.6 is 0 Å². The zero-order valence-electron chi connectivity index (χ0n) is 10.9. The number of ether oxygens (including phenoxy) is 1. The van der Waals surface area contributed by atoms with Crippen LogP contribution in [0.25, 0.3) is 0 Å². The van der Waals surface area contributed by atoms with Crippen LogP contribution in [0.5, 0.6) is 5.75 Å². The number of rotatable bonds is 4. The minimum Gasteiger partial charge on any atom is -0.422 e. The number of hydrogen-bond donors (Lipinski definition) is 0. The first-order chi connectivity index (χ1) is 9.76. The second-order valence-electron chi connectivity index (χ2n) is 4.15. The van der Waals surface area contributed by atoms with Crippen molar-refractivity contribution in [2.75, 3.05) is 0 Å². The largest absolute Gasteiger partial charge is 0.422 e. The van der Waals surface area contributed by atoms with Gasteiger partial charge >= 0.3 is 5.97 Å². The van der Waals surface area contributed by atoms with Crippen LogP contribution in [0.2, 0.25) is 0 Å². The van der Waals surface area contributed by atoms with Gasteiger partial charge in [0, 0.05) is 0 Å². The Morgan fingerprint density at radius 3 is 2.65 bits per heavy atom. The Bertz CT molecular complexity index is 683. The van der Waals surface area contributed by atoms with E-state index >= 15 is 0 Å². The maximum absolute atomic E-state index is 12.2. The fourth-order valence-electron chi connectivity index (χ4n) is 1.86. The van der Waals surface area contributed by atoms with Crippen LogP contribution in [0.3, 0.4) is 0 Å². The highest BCUT2D eigenvalue weighted by Crippen LogP contribution is 2.19. The number of allylic oxidation sites excluding steroid dienone is 1. The normalized spacial score (nSPS) is 9.55. The molecule has 0 aliphatic rings. The number of carbonyl (C=O) groups excluding carboxylic acids is 1. The Balaban J connectivity index is 2.29. The maximum atomic E-state index is 12.2. The Kier molecular flexibility index (Phi) is 4.31. The van der Waals surface area contributed by atoms with E-state index < -0.39 is 5.97 Å². The van der Waals surface area contributed by atoms with Gasteiger partial charge in [0.05, 0.1) is 11.1 Å². The van der Waals surface area contributed by atoms with Crippen molar-refractivity contribution in [3.63, 3.8) is 0 Å². The molecule has 0 atom stereocenters. The third-order valence-electron chi connectivity index (χ3n) is 2.81. The predicted molar refractivity (Wildman–Crippen MR) is 76.5 cm³/mol. The summed E-state index contributed by atoms with van der Waals surface area (Å²) in [5, 5.41) is 8.99. The standard InChI is InChI=1S/C17H13NO2/c1-2-7-13-8-3-5-10-15(13)17(19)20-16-11-6-4-9-14(16)12-18/h2-6,8-11H,1,7H2. The number of esters is 1. The number of carbonyl (C=O) groups is 1. The van der Waals surface area contributed by atoms with Gasteiger partial charge in [-0.05, 0) is 30.2 Å². The average Bonchev–Trinajstić information content (AvgIpc) is 2.48. The highest BCUT2D eigenvalue weighted by molar-refractivity contribution is 5.93. The summed E-state index contributed by atoms with van der Waals surface area (Å²) in [5.41, 5.74) is 1.67. The van der Waals surface area contributed by atoms with Gasteiger partial charge in [0.25, 0.3) is 0 Å². The third kappa shape index (κ3) is 2.93. The maximum Gasteiger partial charge on any atom is 0.343 e. The average molecular weight is 263 g/mol. The topological polar surface area (TPSA) is 50.1 Å². The molecule has 0 saturated carbocycles. The van der Waals surface area contributed by atoms with Crippen LogP contribution in [0, 0.1) is 11.3 Å². The van der Waals surface area contributed by atoms with Gasteiger partial charge in [-0.2, -0.15) is 5.26 Å². The molecule has 0 spiro atoms. The zero-order chi connectivity index (χ0) is 14.4.